The van der Waals surface area contributed by atoms with Crippen LogP contribution < -0.4 is 5.32 Å². The first-order valence-corrected chi connectivity index (χ1v) is 4.85. The Morgan fingerprint density at radius 3 is 2.71 bits per heavy atom. The molecule has 0 saturated heterocycles. The van der Waals surface area contributed by atoms with Gasteiger partial charge in [-0.25, -0.2) is 0 Å². The highest BCUT2D eigenvalue weighted by atomic mass is 79.9. The number of nitrogens with one attached hydrogen (secondary N) is 1. The lowest BCUT2D eigenvalue weighted by Crippen LogP contribution is -2.05. The minimum Gasteiger partial charge on any atom is -0.483 e. The number of ether oxygens (including phenoxy) is 1. The lowest BCUT2D eigenvalue weighted by molar-refractivity contribution is 0.274. The molecule has 3 nitrogen and oxygen atoms in total. The van der Waals surface area contributed by atoms with Crippen molar-refractivity contribution in [2.45, 2.75) is 6.92 Å². The van der Waals surface area contributed by atoms with Gasteiger partial charge in [-0.3, -0.25) is 4.99 Å². The van der Waals surface area contributed by atoms with Gasteiger partial charge in [-0.05, 0) is 41.1 Å². The average molecular weight is 259 g/mol. The highest BCUT2D eigenvalue weighted by Gasteiger charge is 1.93. The number of nitrogens with zero attached hydrogens (tertiary/aromatic N) is 1. The number of rotatable bonds is 5. The standard InChI is InChI=1S/C10H15BrN2O/c1-8(5-6-12-3)10(11)7-13-9(2)14-4/h5-7,13H,2H2,1,3-4H3. The second kappa shape index (κ2) is 7.38. The molecule has 0 atom stereocenters. The van der Waals surface area contributed by atoms with Crippen molar-refractivity contribution in [2.24, 2.45) is 4.99 Å². The Labute approximate surface area is 93.4 Å². The van der Waals surface area contributed by atoms with Crippen LogP contribution in [0.25, 0.3) is 0 Å². The molecule has 0 aliphatic rings. The van der Waals surface area contributed by atoms with Crippen molar-refractivity contribution >= 4 is 22.1 Å². The highest BCUT2D eigenvalue weighted by Crippen LogP contribution is 2.14. The summed E-state index contributed by atoms with van der Waals surface area (Å²) in [5, 5.41) is 2.88. The number of allylic oxidation sites excluding steroid dienone is 3. The van der Waals surface area contributed by atoms with Gasteiger partial charge in [-0.2, -0.15) is 0 Å². The van der Waals surface area contributed by atoms with Gasteiger partial charge in [0.05, 0.1) is 7.11 Å². The molecule has 14 heavy (non-hydrogen) atoms. The first-order chi connectivity index (χ1) is 6.61. The van der Waals surface area contributed by atoms with E-state index in [2.05, 4.69) is 32.8 Å². The first-order valence-electron chi connectivity index (χ1n) is 4.06. The van der Waals surface area contributed by atoms with Crippen LogP contribution in [0.2, 0.25) is 0 Å². The Kier molecular flexibility index (Phi) is 6.84. The van der Waals surface area contributed by atoms with E-state index in [1.54, 1.807) is 26.6 Å². The Bertz CT molecular complexity index is 280. The van der Waals surface area contributed by atoms with Crippen molar-refractivity contribution in [1.82, 2.24) is 5.32 Å². The van der Waals surface area contributed by atoms with Crippen molar-refractivity contribution in [3.05, 3.63) is 34.8 Å². The maximum atomic E-state index is 4.84. The zero-order valence-corrected chi connectivity index (χ0v) is 10.3. The lowest BCUT2D eigenvalue weighted by Gasteiger charge is -2.04. The van der Waals surface area contributed by atoms with Crippen LogP contribution in [-0.2, 0) is 4.74 Å². The fraction of sp³-hybridized carbons (Fsp3) is 0.300. The summed E-state index contributed by atoms with van der Waals surface area (Å²) in [5.74, 6) is 0.499. The largest absolute Gasteiger partial charge is 0.483 e. The SMILES string of the molecule is C=C(NC=C(Br)C(C)=CC=NC)OC. The maximum Gasteiger partial charge on any atom is 0.182 e. The summed E-state index contributed by atoms with van der Waals surface area (Å²) in [6.07, 6.45) is 5.40. The molecule has 0 bridgehead atoms. The van der Waals surface area contributed by atoms with E-state index in [0.29, 0.717) is 5.88 Å². The molecule has 0 heterocycles. The van der Waals surface area contributed by atoms with Gasteiger partial charge in [0.1, 0.15) is 0 Å². The highest BCUT2D eigenvalue weighted by molar-refractivity contribution is 9.12. The number of halogens is 1. The molecule has 0 aromatic rings. The minimum atomic E-state index is 0.499. The van der Waals surface area contributed by atoms with Gasteiger partial charge in [-0.1, -0.05) is 0 Å². The average Bonchev–Trinajstić information content (AvgIpc) is 2.21. The van der Waals surface area contributed by atoms with Crippen molar-refractivity contribution in [3.8, 4) is 0 Å². The molecule has 0 rings (SSSR count). The molecular weight excluding hydrogens is 244 g/mol. The minimum absolute atomic E-state index is 0.499. The predicted molar refractivity (Wildman–Crippen MR) is 64.5 cm³/mol. The number of hydrogen-bond donors (Lipinski definition) is 1. The van der Waals surface area contributed by atoms with E-state index < -0.39 is 0 Å². The monoisotopic (exact) mass is 258 g/mol. The summed E-state index contributed by atoms with van der Waals surface area (Å²) >= 11 is 3.40. The van der Waals surface area contributed by atoms with Crippen LogP contribution >= 0.6 is 15.9 Å². The van der Waals surface area contributed by atoms with E-state index in [1.807, 2.05) is 13.0 Å². The van der Waals surface area contributed by atoms with Gasteiger partial charge < -0.3 is 10.1 Å². The van der Waals surface area contributed by atoms with Gasteiger partial charge >= 0.3 is 0 Å². The van der Waals surface area contributed by atoms with Crippen LogP contribution in [0.5, 0.6) is 0 Å². The molecule has 0 radical (unpaired) electrons. The van der Waals surface area contributed by atoms with Gasteiger partial charge in [0.25, 0.3) is 0 Å². The Morgan fingerprint density at radius 2 is 2.21 bits per heavy atom. The van der Waals surface area contributed by atoms with Crippen LogP contribution in [0.15, 0.2) is 39.8 Å². The van der Waals surface area contributed by atoms with Gasteiger partial charge in [-0.15, -0.1) is 0 Å². The Hall–Kier alpha value is -1.03. The third-order valence-electron chi connectivity index (χ3n) is 1.46. The van der Waals surface area contributed by atoms with Crippen LogP contribution in [0.4, 0.5) is 0 Å². The summed E-state index contributed by atoms with van der Waals surface area (Å²) in [6.45, 7) is 5.59. The molecule has 4 heteroatoms. The maximum absolute atomic E-state index is 4.84. The molecule has 1 N–H and O–H groups in total. The normalized spacial score (nSPS) is 13.1. The third kappa shape index (κ3) is 5.59. The molecule has 0 unspecified atom stereocenters. The van der Waals surface area contributed by atoms with Crippen molar-refractivity contribution in [1.29, 1.82) is 0 Å². The Balaban J connectivity index is 4.30. The van der Waals surface area contributed by atoms with E-state index in [4.69, 9.17) is 4.74 Å². The van der Waals surface area contributed by atoms with Crippen LogP contribution in [0.3, 0.4) is 0 Å². The van der Waals surface area contributed by atoms with Crippen molar-refractivity contribution in [3.63, 3.8) is 0 Å². The van der Waals surface area contributed by atoms with Crippen LogP contribution in [0, 0.1) is 0 Å². The van der Waals surface area contributed by atoms with Gasteiger partial charge in [0.15, 0.2) is 5.88 Å². The van der Waals surface area contributed by atoms with E-state index in [9.17, 15) is 0 Å². The van der Waals surface area contributed by atoms with Crippen molar-refractivity contribution in [2.75, 3.05) is 14.2 Å². The number of methoxy groups -OCH3 is 1. The lowest BCUT2D eigenvalue weighted by atomic mass is 10.3. The molecule has 0 spiro atoms. The van der Waals surface area contributed by atoms with E-state index in [1.165, 1.54) is 0 Å². The van der Waals surface area contributed by atoms with E-state index >= 15 is 0 Å². The van der Waals surface area contributed by atoms with E-state index in [-0.39, 0.29) is 0 Å². The summed E-state index contributed by atoms with van der Waals surface area (Å²) in [4.78, 5) is 3.86. The molecular formula is C10H15BrN2O. The second-order valence-corrected chi connectivity index (χ2v) is 3.38. The fourth-order valence-electron chi connectivity index (χ4n) is 0.583. The predicted octanol–water partition coefficient (Wildman–Crippen LogP) is 2.58. The second-order valence-electron chi connectivity index (χ2n) is 2.52. The first kappa shape index (κ1) is 13.0. The smallest absolute Gasteiger partial charge is 0.182 e. The number of hydrogen-bond acceptors (Lipinski definition) is 3. The molecule has 0 aliphatic carbocycles. The summed E-state index contributed by atoms with van der Waals surface area (Å²) < 4.78 is 5.77. The molecule has 0 amide bonds. The fourth-order valence-corrected chi connectivity index (χ4v) is 0.829. The zero-order chi connectivity index (χ0) is 11.0. The van der Waals surface area contributed by atoms with Crippen LogP contribution in [0.1, 0.15) is 6.92 Å². The molecule has 0 saturated carbocycles. The number of aliphatic imine (C=N–C) groups is 1. The van der Waals surface area contributed by atoms with Gasteiger partial charge in [0.2, 0.25) is 0 Å². The van der Waals surface area contributed by atoms with E-state index in [0.717, 1.165) is 10.1 Å². The third-order valence-corrected chi connectivity index (χ3v) is 2.31. The molecule has 0 aliphatic heterocycles. The summed E-state index contributed by atoms with van der Waals surface area (Å²) in [7, 11) is 3.29. The summed E-state index contributed by atoms with van der Waals surface area (Å²) in [6, 6.07) is 0. The molecule has 78 valence electrons. The van der Waals surface area contributed by atoms with Crippen LogP contribution in [-0.4, -0.2) is 20.4 Å². The Morgan fingerprint density at radius 1 is 1.57 bits per heavy atom. The molecule has 0 fully saturated rings. The zero-order valence-electron chi connectivity index (χ0n) is 8.67. The summed E-state index contributed by atoms with van der Waals surface area (Å²) in [5.41, 5.74) is 1.06. The molecule has 0 aromatic heterocycles. The quantitative estimate of drug-likeness (QED) is 0.467. The van der Waals surface area contributed by atoms with Gasteiger partial charge in [0, 0.05) is 23.9 Å². The topological polar surface area (TPSA) is 33.6 Å². The van der Waals surface area contributed by atoms with Crippen molar-refractivity contribution < 1.29 is 4.74 Å². The molecule has 0 aromatic carbocycles.